The van der Waals surface area contributed by atoms with Gasteiger partial charge in [0.25, 0.3) is 0 Å². The highest BCUT2D eigenvalue weighted by Gasteiger charge is 2.10. The average molecular weight is 265 g/mol. The Bertz CT molecular complexity index is 701. The fraction of sp³-hybridized carbons (Fsp3) is 0.125. The van der Waals surface area contributed by atoms with E-state index in [1.54, 1.807) is 24.3 Å². The first-order valence-electron chi connectivity index (χ1n) is 6.17. The van der Waals surface area contributed by atoms with Gasteiger partial charge >= 0.3 is 0 Å². The maximum absolute atomic E-state index is 11.5. The van der Waals surface area contributed by atoms with Crippen LogP contribution in [0.4, 0.5) is 17.1 Å². The monoisotopic (exact) mass is 265 g/mol. The van der Waals surface area contributed by atoms with Crippen LogP contribution in [-0.2, 0) is 0 Å². The van der Waals surface area contributed by atoms with Crippen molar-refractivity contribution in [2.75, 3.05) is 17.7 Å². The van der Waals surface area contributed by atoms with Gasteiger partial charge in [-0.05, 0) is 43.3 Å². The van der Waals surface area contributed by atoms with Crippen LogP contribution in [0.25, 0.3) is 0 Å². The number of ketones is 1. The molecule has 4 nitrogen and oxygen atoms in total. The first kappa shape index (κ1) is 13.6. The molecule has 0 radical (unpaired) electrons. The summed E-state index contributed by atoms with van der Waals surface area (Å²) in [6.07, 6.45) is 0. The molecule has 2 N–H and O–H groups in total. The van der Waals surface area contributed by atoms with Crippen molar-refractivity contribution in [3.05, 3.63) is 53.6 Å². The number of nitrogen functional groups attached to an aromatic ring is 1. The van der Waals surface area contributed by atoms with Crippen LogP contribution in [0.1, 0.15) is 22.8 Å². The Kier molecular flexibility index (Phi) is 3.72. The van der Waals surface area contributed by atoms with E-state index in [4.69, 9.17) is 11.0 Å². The normalized spacial score (nSPS) is 9.85. The lowest BCUT2D eigenvalue weighted by molar-refractivity contribution is 0.101. The molecule has 0 aromatic heterocycles. The van der Waals surface area contributed by atoms with E-state index in [9.17, 15) is 4.79 Å². The molecule has 0 saturated heterocycles. The van der Waals surface area contributed by atoms with Crippen LogP contribution in [0.2, 0.25) is 0 Å². The Morgan fingerprint density at radius 1 is 1.20 bits per heavy atom. The van der Waals surface area contributed by atoms with Crippen molar-refractivity contribution in [1.29, 1.82) is 5.26 Å². The molecule has 20 heavy (non-hydrogen) atoms. The van der Waals surface area contributed by atoms with E-state index >= 15 is 0 Å². The van der Waals surface area contributed by atoms with Crippen LogP contribution < -0.4 is 10.6 Å². The van der Waals surface area contributed by atoms with Crippen molar-refractivity contribution in [2.45, 2.75) is 6.92 Å². The van der Waals surface area contributed by atoms with Gasteiger partial charge in [-0.1, -0.05) is 6.07 Å². The van der Waals surface area contributed by atoms with Crippen LogP contribution in [0, 0.1) is 11.3 Å². The summed E-state index contributed by atoms with van der Waals surface area (Å²) in [5.74, 6) is -0.0662. The molecule has 0 aliphatic rings. The van der Waals surface area contributed by atoms with E-state index in [0.717, 1.165) is 11.4 Å². The quantitative estimate of drug-likeness (QED) is 0.683. The lowest BCUT2D eigenvalue weighted by Gasteiger charge is -2.20. The minimum absolute atomic E-state index is 0.0662. The standard InChI is InChI=1S/C16H15N3O/c1-11(20)15-9-14(6-7-16(15)18)19(2)13-5-3-4-12(8-13)10-17/h3-9H,18H2,1-2H3. The average Bonchev–Trinajstić information content (AvgIpc) is 2.46. The molecule has 0 aliphatic heterocycles. The predicted molar refractivity (Wildman–Crippen MR) is 80.1 cm³/mol. The Morgan fingerprint density at radius 3 is 2.55 bits per heavy atom. The summed E-state index contributed by atoms with van der Waals surface area (Å²) in [5, 5.41) is 8.94. The van der Waals surface area contributed by atoms with Gasteiger partial charge in [0.15, 0.2) is 5.78 Å². The summed E-state index contributed by atoms with van der Waals surface area (Å²) >= 11 is 0. The van der Waals surface area contributed by atoms with E-state index in [1.165, 1.54) is 6.92 Å². The molecular weight excluding hydrogens is 250 g/mol. The number of carbonyl (C=O) groups excluding carboxylic acids is 1. The first-order valence-corrected chi connectivity index (χ1v) is 6.17. The fourth-order valence-electron chi connectivity index (χ4n) is 1.99. The molecule has 2 aromatic carbocycles. The number of nitrogens with zero attached hydrogens (tertiary/aromatic N) is 2. The van der Waals surface area contributed by atoms with Crippen LogP contribution in [0.3, 0.4) is 0 Å². The molecule has 0 amide bonds. The third kappa shape index (κ3) is 2.62. The Labute approximate surface area is 118 Å². The first-order chi connectivity index (χ1) is 9.52. The molecule has 2 rings (SSSR count). The van der Waals surface area contributed by atoms with Gasteiger partial charge in [0.05, 0.1) is 11.6 Å². The molecule has 0 spiro atoms. The number of benzene rings is 2. The molecule has 0 heterocycles. The molecule has 100 valence electrons. The number of Topliss-reactive ketones (excluding diaryl/α,β-unsaturated/α-hetero) is 1. The highest BCUT2D eigenvalue weighted by molar-refractivity contribution is 6.00. The minimum atomic E-state index is -0.0662. The molecule has 0 atom stereocenters. The van der Waals surface area contributed by atoms with Gasteiger partial charge in [0, 0.05) is 29.7 Å². The SMILES string of the molecule is CC(=O)c1cc(N(C)c2cccc(C#N)c2)ccc1N. The zero-order valence-electron chi connectivity index (χ0n) is 11.4. The summed E-state index contributed by atoms with van der Waals surface area (Å²) in [6, 6.07) is 14.7. The number of carbonyl (C=O) groups is 1. The number of nitrogens with two attached hydrogens (primary N) is 1. The number of anilines is 3. The lowest BCUT2D eigenvalue weighted by Crippen LogP contribution is -2.11. The second-order valence-electron chi connectivity index (χ2n) is 4.55. The molecule has 0 unspecified atom stereocenters. The van der Waals surface area contributed by atoms with Crippen LogP contribution in [-0.4, -0.2) is 12.8 Å². The topological polar surface area (TPSA) is 70.1 Å². The lowest BCUT2D eigenvalue weighted by atomic mass is 10.1. The number of rotatable bonds is 3. The Hall–Kier alpha value is -2.80. The van der Waals surface area contributed by atoms with Crippen LogP contribution in [0.5, 0.6) is 0 Å². The molecule has 0 bridgehead atoms. The van der Waals surface area contributed by atoms with E-state index in [0.29, 0.717) is 16.8 Å². The maximum atomic E-state index is 11.5. The van der Waals surface area contributed by atoms with E-state index in [-0.39, 0.29) is 5.78 Å². The molecular formula is C16H15N3O. The van der Waals surface area contributed by atoms with Crippen molar-refractivity contribution in [1.82, 2.24) is 0 Å². The van der Waals surface area contributed by atoms with Gasteiger partial charge in [0.2, 0.25) is 0 Å². The molecule has 0 saturated carbocycles. The number of hydrogen-bond acceptors (Lipinski definition) is 4. The van der Waals surface area contributed by atoms with Gasteiger partial charge < -0.3 is 10.6 Å². The molecule has 4 heteroatoms. The van der Waals surface area contributed by atoms with Crippen molar-refractivity contribution in [3.8, 4) is 6.07 Å². The second-order valence-corrected chi connectivity index (χ2v) is 4.55. The fourth-order valence-corrected chi connectivity index (χ4v) is 1.99. The highest BCUT2D eigenvalue weighted by Crippen LogP contribution is 2.27. The third-order valence-electron chi connectivity index (χ3n) is 3.17. The van der Waals surface area contributed by atoms with Crippen LogP contribution in [0.15, 0.2) is 42.5 Å². The third-order valence-corrected chi connectivity index (χ3v) is 3.17. The van der Waals surface area contributed by atoms with Crippen LogP contribution >= 0.6 is 0 Å². The number of hydrogen-bond donors (Lipinski definition) is 1. The summed E-state index contributed by atoms with van der Waals surface area (Å²) < 4.78 is 0. The Balaban J connectivity index is 2.43. The Morgan fingerprint density at radius 2 is 1.90 bits per heavy atom. The summed E-state index contributed by atoms with van der Waals surface area (Å²) in [7, 11) is 1.88. The largest absolute Gasteiger partial charge is 0.398 e. The zero-order valence-corrected chi connectivity index (χ0v) is 11.4. The van der Waals surface area contributed by atoms with Crippen molar-refractivity contribution >= 4 is 22.8 Å². The van der Waals surface area contributed by atoms with Crippen molar-refractivity contribution in [3.63, 3.8) is 0 Å². The van der Waals surface area contributed by atoms with Gasteiger partial charge in [0.1, 0.15) is 0 Å². The number of nitriles is 1. The van der Waals surface area contributed by atoms with Crippen molar-refractivity contribution < 1.29 is 4.79 Å². The smallest absolute Gasteiger partial charge is 0.161 e. The second kappa shape index (κ2) is 5.45. The van der Waals surface area contributed by atoms with Crippen molar-refractivity contribution in [2.24, 2.45) is 0 Å². The van der Waals surface area contributed by atoms with E-state index in [1.807, 2.05) is 30.1 Å². The molecule has 0 fully saturated rings. The predicted octanol–water partition coefficient (Wildman–Crippen LogP) is 3.11. The van der Waals surface area contributed by atoms with Gasteiger partial charge in [-0.3, -0.25) is 4.79 Å². The zero-order chi connectivity index (χ0) is 14.7. The van der Waals surface area contributed by atoms with E-state index in [2.05, 4.69) is 6.07 Å². The van der Waals surface area contributed by atoms with Gasteiger partial charge in [-0.15, -0.1) is 0 Å². The summed E-state index contributed by atoms with van der Waals surface area (Å²) in [5.41, 5.74) is 9.09. The van der Waals surface area contributed by atoms with Gasteiger partial charge in [-0.25, -0.2) is 0 Å². The molecule has 0 aliphatic carbocycles. The molecule has 2 aromatic rings. The summed E-state index contributed by atoms with van der Waals surface area (Å²) in [6.45, 7) is 1.49. The minimum Gasteiger partial charge on any atom is -0.398 e. The maximum Gasteiger partial charge on any atom is 0.161 e. The highest BCUT2D eigenvalue weighted by atomic mass is 16.1. The van der Waals surface area contributed by atoms with E-state index < -0.39 is 0 Å². The summed E-state index contributed by atoms with van der Waals surface area (Å²) in [4.78, 5) is 13.4. The van der Waals surface area contributed by atoms with Gasteiger partial charge in [-0.2, -0.15) is 5.26 Å².